The van der Waals surface area contributed by atoms with Crippen LogP contribution in [0, 0.1) is 0 Å². The molecule has 120 valence electrons. The van der Waals surface area contributed by atoms with Crippen LogP contribution < -0.4 is 9.64 Å². The summed E-state index contributed by atoms with van der Waals surface area (Å²) < 4.78 is 5.03. The van der Waals surface area contributed by atoms with Gasteiger partial charge in [-0.3, -0.25) is 4.79 Å². The molecule has 23 heavy (non-hydrogen) atoms. The molecule has 1 aliphatic heterocycles. The molecule has 1 aromatic heterocycles. The van der Waals surface area contributed by atoms with Crippen molar-refractivity contribution in [3.8, 4) is 11.5 Å². The second kappa shape index (κ2) is 6.51. The quantitative estimate of drug-likeness (QED) is 0.916. The molecule has 1 N–H and O–H groups in total. The van der Waals surface area contributed by atoms with Crippen LogP contribution in [0.3, 0.4) is 0 Å². The van der Waals surface area contributed by atoms with Crippen LogP contribution in [0.25, 0.3) is 0 Å². The number of hydrogen-bond donors (Lipinski definition) is 1. The third-order valence-electron chi connectivity index (χ3n) is 3.84. The first-order valence-electron chi connectivity index (χ1n) is 7.37. The van der Waals surface area contributed by atoms with Crippen LogP contribution in [0.2, 0.25) is 0 Å². The van der Waals surface area contributed by atoms with Gasteiger partial charge in [0.15, 0.2) is 0 Å². The number of methoxy groups -OCH3 is 1. The third kappa shape index (κ3) is 3.18. The molecular weight excluding hydrogens is 296 g/mol. The largest absolute Gasteiger partial charge is 0.507 e. The van der Waals surface area contributed by atoms with Gasteiger partial charge >= 0.3 is 0 Å². The lowest BCUT2D eigenvalue weighted by Crippen LogP contribution is -2.49. The van der Waals surface area contributed by atoms with Gasteiger partial charge in [0, 0.05) is 44.6 Å². The normalized spacial score (nSPS) is 14.7. The van der Waals surface area contributed by atoms with E-state index in [1.54, 1.807) is 35.5 Å². The first-order chi connectivity index (χ1) is 11.2. The Hall–Kier alpha value is -2.83. The molecule has 0 spiro atoms. The molecule has 3 rings (SSSR count). The van der Waals surface area contributed by atoms with E-state index in [1.807, 2.05) is 4.90 Å². The van der Waals surface area contributed by atoms with Crippen LogP contribution in [0.4, 0.5) is 5.95 Å². The summed E-state index contributed by atoms with van der Waals surface area (Å²) in [5.74, 6) is 0.943. The van der Waals surface area contributed by atoms with Gasteiger partial charge in [-0.25, -0.2) is 9.97 Å². The lowest BCUT2D eigenvalue weighted by atomic mass is 10.1. The van der Waals surface area contributed by atoms with E-state index in [9.17, 15) is 9.90 Å². The standard InChI is InChI=1S/C16H18N4O3/c1-23-12-3-4-13(14(21)11-12)15(22)19-7-9-20(10-8-19)16-17-5-2-6-18-16/h2-6,11,21H,7-10H2,1H3. The fourth-order valence-electron chi connectivity index (χ4n) is 2.55. The van der Waals surface area contributed by atoms with Crippen LogP contribution in [0.5, 0.6) is 11.5 Å². The lowest BCUT2D eigenvalue weighted by molar-refractivity contribution is 0.0743. The fraction of sp³-hybridized carbons (Fsp3) is 0.312. The molecule has 1 aromatic carbocycles. The number of benzene rings is 1. The molecule has 0 aliphatic carbocycles. The summed E-state index contributed by atoms with van der Waals surface area (Å²) in [6.45, 7) is 2.43. The highest BCUT2D eigenvalue weighted by molar-refractivity contribution is 5.97. The molecule has 0 radical (unpaired) electrons. The number of phenolic OH excluding ortho intramolecular Hbond substituents is 1. The molecule has 0 bridgehead atoms. The number of nitrogens with zero attached hydrogens (tertiary/aromatic N) is 4. The number of carbonyl (C=O) groups is 1. The predicted octanol–water partition coefficient (Wildman–Crippen LogP) is 1.15. The van der Waals surface area contributed by atoms with Crippen LogP contribution in [0.1, 0.15) is 10.4 Å². The first kappa shape index (κ1) is 15.1. The van der Waals surface area contributed by atoms with Gasteiger partial charge in [0.2, 0.25) is 5.95 Å². The van der Waals surface area contributed by atoms with E-state index in [4.69, 9.17) is 4.74 Å². The minimum Gasteiger partial charge on any atom is -0.507 e. The van der Waals surface area contributed by atoms with Crippen molar-refractivity contribution in [2.45, 2.75) is 0 Å². The molecule has 0 unspecified atom stereocenters. The summed E-state index contributed by atoms with van der Waals surface area (Å²) in [4.78, 5) is 24.7. The predicted molar refractivity (Wildman–Crippen MR) is 84.8 cm³/mol. The Labute approximate surface area is 134 Å². The van der Waals surface area contributed by atoms with Crippen molar-refractivity contribution in [3.05, 3.63) is 42.2 Å². The van der Waals surface area contributed by atoms with E-state index in [0.29, 0.717) is 37.9 Å². The average Bonchev–Trinajstić information content (AvgIpc) is 2.62. The van der Waals surface area contributed by atoms with E-state index in [-0.39, 0.29) is 17.2 Å². The molecule has 1 saturated heterocycles. The number of anilines is 1. The van der Waals surface area contributed by atoms with Crippen molar-refractivity contribution in [3.63, 3.8) is 0 Å². The van der Waals surface area contributed by atoms with Gasteiger partial charge in [-0.15, -0.1) is 0 Å². The monoisotopic (exact) mass is 314 g/mol. The summed E-state index contributed by atoms with van der Waals surface area (Å²) in [7, 11) is 1.52. The minimum atomic E-state index is -0.182. The first-order valence-corrected chi connectivity index (χ1v) is 7.37. The molecule has 0 saturated carbocycles. The Morgan fingerprint density at radius 1 is 1.17 bits per heavy atom. The number of amides is 1. The Morgan fingerprint density at radius 3 is 2.48 bits per heavy atom. The Bertz CT molecular complexity index is 685. The van der Waals surface area contributed by atoms with E-state index in [2.05, 4.69) is 9.97 Å². The minimum absolute atomic E-state index is 0.0665. The van der Waals surface area contributed by atoms with Crippen molar-refractivity contribution in [1.29, 1.82) is 0 Å². The lowest BCUT2D eigenvalue weighted by Gasteiger charge is -2.34. The van der Waals surface area contributed by atoms with Crippen molar-refractivity contribution in [2.24, 2.45) is 0 Å². The van der Waals surface area contributed by atoms with Gasteiger partial charge in [0.05, 0.1) is 12.7 Å². The SMILES string of the molecule is COc1ccc(C(=O)N2CCN(c3ncccn3)CC2)c(O)c1. The molecule has 2 aromatic rings. The summed E-state index contributed by atoms with van der Waals surface area (Å²) in [5, 5.41) is 10.00. The van der Waals surface area contributed by atoms with Crippen LogP contribution >= 0.6 is 0 Å². The molecule has 7 heteroatoms. The number of rotatable bonds is 3. The summed E-state index contributed by atoms with van der Waals surface area (Å²) >= 11 is 0. The highest BCUT2D eigenvalue weighted by atomic mass is 16.5. The zero-order valence-corrected chi connectivity index (χ0v) is 12.8. The molecular formula is C16H18N4O3. The average molecular weight is 314 g/mol. The molecule has 1 aliphatic rings. The number of aromatic hydroxyl groups is 1. The molecule has 7 nitrogen and oxygen atoms in total. The van der Waals surface area contributed by atoms with Gasteiger partial charge in [-0.1, -0.05) is 0 Å². The van der Waals surface area contributed by atoms with Gasteiger partial charge in [-0.05, 0) is 18.2 Å². The second-order valence-corrected chi connectivity index (χ2v) is 5.21. The maximum atomic E-state index is 12.5. The molecule has 2 heterocycles. The molecule has 1 amide bonds. The van der Waals surface area contributed by atoms with Crippen molar-refractivity contribution >= 4 is 11.9 Å². The number of phenols is 1. The van der Waals surface area contributed by atoms with E-state index in [0.717, 1.165) is 0 Å². The second-order valence-electron chi connectivity index (χ2n) is 5.21. The number of piperazine rings is 1. The third-order valence-corrected chi connectivity index (χ3v) is 3.84. The topological polar surface area (TPSA) is 78.8 Å². The van der Waals surface area contributed by atoms with E-state index in [1.165, 1.54) is 13.2 Å². The van der Waals surface area contributed by atoms with Gasteiger partial charge in [0.25, 0.3) is 5.91 Å². The molecule has 0 atom stereocenters. The van der Waals surface area contributed by atoms with E-state index < -0.39 is 0 Å². The van der Waals surface area contributed by atoms with Gasteiger partial charge in [0.1, 0.15) is 11.5 Å². The van der Waals surface area contributed by atoms with Gasteiger partial charge < -0.3 is 19.6 Å². The van der Waals surface area contributed by atoms with Crippen LogP contribution in [-0.4, -0.2) is 59.2 Å². The Balaban J connectivity index is 1.66. The zero-order valence-electron chi connectivity index (χ0n) is 12.8. The smallest absolute Gasteiger partial charge is 0.257 e. The van der Waals surface area contributed by atoms with Crippen molar-refractivity contribution in [2.75, 3.05) is 38.2 Å². The summed E-state index contributed by atoms with van der Waals surface area (Å²) in [5.41, 5.74) is 0.287. The van der Waals surface area contributed by atoms with E-state index >= 15 is 0 Å². The highest BCUT2D eigenvalue weighted by Gasteiger charge is 2.25. The number of ether oxygens (including phenoxy) is 1. The highest BCUT2D eigenvalue weighted by Crippen LogP contribution is 2.25. The number of aromatic nitrogens is 2. The summed E-state index contributed by atoms with van der Waals surface area (Å²) in [6.07, 6.45) is 3.41. The Morgan fingerprint density at radius 2 is 1.87 bits per heavy atom. The van der Waals surface area contributed by atoms with Gasteiger partial charge in [-0.2, -0.15) is 0 Å². The maximum Gasteiger partial charge on any atom is 0.257 e. The van der Waals surface area contributed by atoms with Crippen molar-refractivity contribution in [1.82, 2.24) is 14.9 Å². The summed E-state index contributed by atoms with van der Waals surface area (Å²) in [6, 6.07) is 6.47. The van der Waals surface area contributed by atoms with Crippen LogP contribution in [-0.2, 0) is 0 Å². The number of hydrogen-bond acceptors (Lipinski definition) is 6. The fourth-order valence-corrected chi connectivity index (χ4v) is 2.55. The Kier molecular flexibility index (Phi) is 4.27. The van der Waals surface area contributed by atoms with Crippen LogP contribution in [0.15, 0.2) is 36.7 Å². The molecule has 1 fully saturated rings. The maximum absolute atomic E-state index is 12.5. The van der Waals surface area contributed by atoms with Crippen molar-refractivity contribution < 1.29 is 14.6 Å². The number of carbonyl (C=O) groups excluding carboxylic acids is 1. The zero-order chi connectivity index (χ0) is 16.2.